The summed E-state index contributed by atoms with van der Waals surface area (Å²) in [6, 6.07) is 4.98. The van der Waals surface area contributed by atoms with Crippen LogP contribution < -0.4 is 11.3 Å². The van der Waals surface area contributed by atoms with Crippen LogP contribution in [0.2, 0.25) is 0 Å². The fourth-order valence-electron chi connectivity index (χ4n) is 1.49. The third-order valence-electron chi connectivity index (χ3n) is 2.22. The van der Waals surface area contributed by atoms with Crippen molar-refractivity contribution in [3.8, 4) is 0 Å². The molecule has 0 radical (unpaired) electrons. The van der Waals surface area contributed by atoms with Gasteiger partial charge in [0.1, 0.15) is 11.3 Å². The van der Waals surface area contributed by atoms with Crippen molar-refractivity contribution >= 4 is 16.6 Å². The van der Waals surface area contributed by atoms with E-state index in [2.05, 4.69) is 4.98 Å². The molecule has 0 aliphatic heterocycles. The number of benzene rings is 1. The molecule has 17 heavy (non-hydrogen) atoms. The van der Waals surface area contributed by atoms with E-state index in [1.165, 1.54) is 12.1 Å². The second kappa shape index (κ2) is 3.85. The molecule has 0 aliphatic rings. The summed E-state index contributed by atoms with van der Waals surface area (Å²) < 4.78 is 51.2. The lowest BCUT2D eigenvalue weighted by Crippen LogP contribution is -2.16. The number of anilines is 1. The van der Waals surface area contributed by atoms with Gasteiger partial charge < -0.3 is 5.43 Å². The molecule has 2 rings (SSSR count). The highest BCUT2D eigenvalue weighted by atomic mass is 19.4. The van der Waals surface area contributed by atoms with Gasteiger partial charge in [-0.2, -0.15) is 13.2 Å². The van der Waals surface area contributed by atoms with Gasteiger partial charge >= 0.3 is 6.18 Å². The Morgan fingerprint density at radius 2 is 1.94 bits per heavy atom. The van der Waals surface area contributed by atoms with Crippen molar-refractivity contribution in [1.82, 2.24) is 4.98 Å². The van der Waals surface area contributed by atoms with E-state index in [-0.39, 0.29) is 10.9 Å². The minimum atomic E-state index is -4.70. The lowest BCUT2D eigenvalue weighted by atomic mass is 10.1. The molecule has 1 aromatic heterocycles. The van der Waals surface area contributed by atoms with Crippen LogP contribution in [0, 0.1) is 5.82 Å². The summed E-state index contributed by atoms with van der Waals surface area (Å²) in [5.74, 6) is 4.18. The third-order valence-corrected chi connectivity index (χ3v) is 2.22. The zero-order chi connectivity index (χ0) is 12.6. The van der Waals surface area contributed by atoms with Crippen molar-refractivity contribution in [2.45, 2.75) is 6.18 Å². The van der Waals surface area contributed by atoms with Gasteiger partial charge in [0.25, 0.3) is 0 Å². The molecule has 2 aromatic rings. The molecule has 0 saturated heterocycles. The first-order chi connectivity index (χ1) is 7.93. The van der Waals surface area contributed by atoms with Crippen molar-refractivity contribution in [2.75, 3.05) is 5.43 Å². The molecule has 0 fully saturated rings. The lowest BCUT2D eigenvalue weighted by molar-refractivity contribution is -0.140. The van der Waals surface area contributed by atoms with Crippen molar-refractivity contribution in [1.29, 1.82) is 0 Å². The van der Waals surface area contributed by atoms with Crippen LogP contribution in [0.5, 0.6) is 0 Å². The van der Waals surface area contributed by atoms with Crippen LogP contribution in [0.15, 0.2) is 24.3 Å². The number of halogens is 4. The number of hydrazine groups is 1. The van der Waals surface area contributed by atoms with Crippen LogP contribution in [-0.4, -0.2) is 4.98 Å². The number of hydrogen-bond donors (Lipinski definition) is 2. The summed E-state index contributed by atoms with van der Waals surface area (Å²) in [5, 5.41) is 0.242. The highest BCUT2D eigenvalue weighted by Crippen LogP contribution is 2.35. The Balaban J connectivity index is 2.79. The number of hydrogen-bond acceptors (Lipinski definition) is 3. The number of alkyl halides is 3. The van der Waals surface area contributed by atoms with Crippen molar-refractivity contribution in [3.63, 3.8) is 0 Å². The Morgan fingerprint density at radius 1 is 1.24 bits per heavy atom. The average Bonchev–Trinajstić information content (AvgIpc) is 2.26. The quantitative estimate of drug-likeness (QED) is 0.461. The summed E-state index contributed by atoms with van der Waals surface area (Å²) in [7, 11) is 0. The number of nitrogens with two attached hydrogens (primary N) is 1. The molecule has 1 heterocycles. The van der Waals surface area contributed by atoms with Crippen LogP contribution in [0.1, 0.15) is 5.69 Å². The van der Waals surface area contributed by atoms with Gasteiger partial charge in [-0.3, -0.25) is 5.84 Å². The zero-order valence-electron chi connectivity index (χ0n) is 8.35. The second-order valence-electron chi connectivity index (χ2n) is 3.34. The number of nitrogens with one attached hydrogen (secondary N) is 1. The minimum absolute atomic E-state index is 0.242. The van der Waals surface area contributed by atoms with Crippen molar-refractivity contribution in [3.05, 3.63) is 35.8 Å². The number of fused-ring (bicyclic) bond motifs is 1. The molecule has 1 aromatic carbocycles. The second-order valence-corrected chi connectivity index (χ2v) is 3.34. The Bertz CT molecular complexity index is 565. The van der Waals surface area contributed by atoms with E-state index in [9.17, 15) is 17.6 Å². The van der Waals surface area contributed by atoms with Gasteiger partial charge in [0.15, 0.2) is 5.69 Å². The first-order valence-electron chi connectivity index (χ1n) is 4.56. The molecule has 0 amide bonds. The summed E-state index contributed by atoms with van der Waals surface area (Å²) in [4.78, 5) is 3.27. The van der Waals surface area contributed by atoms with Gasteiger partial charge in [-0.05, 0) is 12.1 Å². The molecule has 0 saturated carbocycles. The predicted octanol–water partition coefficient (Wildman–Crippen LogP) is 2.68. The van der Waals surface area contributed by atoms with Crippen molar-refractivity contribution in [2.24, 2.45) is 5.84 Å². The van der Waals surface area contributed by atoms with Crippen LogP contribution in [0.3, 0.4) is 0 Å². The molecule has 7 heteroatoms. The maximum Gasteiger partial charge on any atom is 0.435 e. The van der Waals surface area contributed by atoms with E-state index >= 15 is 0 Å². The molecule has 0 spiro atoms. The third kappa shape index (κ3) is 2.01. The van der Waals surface area contributed by atoms with Gasteiger partial charge in [0.2, 0.25) is 0 Å². The zero-order valence-corrected chi connectivity index (χ0v) is 8.35. The molecule has 90 valence electrons. The van der Waals surface area contributed by atoms with Crippen molar-refractivity contribution < 1.29 is 17.6 Å². The number of nitrogens with zero attached hydrogens (tertiary/aromatic N) is 1. The smallest absolute Gasteiger partial charge is 0.322 e. The molecule has 3 nitrogen and oxygen atoms in total. The lowest BCUT2D eigenvalue weighted by Gasteiger charge is -2.12. The van der Waals surface area contributed by atoms with Crippen LogP contribution in [0.4, 0.5) is 23.2 Å². The SMILES string of the molecule is NNc1cc2cccc(F)c2nc1C(F)(F)F. The molecule has 0 aliphatic carbocycles. The van der Waals surface area contributed by atoms with Crippen LogP contribution in [0.25, 0.3) is 10.9 Å². The molecular weight excluding hydrogens is 238 g/mol. The predicted molar refractivity (Wildman–Crippen MR) is 54.5 cm³/mol. The standard InChI is InChI=1S/C10H7F4N3/c11-6-3-1-2-5-4-7(17-15)9(10(12,13)14)16-8(5)6/h1-4,17H,15H2. The fraction of sp³-hybridized carbons (Fsp3) is 0.100. The topological polar surface area (TPSA) is 50.9 Å². The first-order valence-corrected chi connectivity index (χ1v) is 4.56. The number of para-hydroxylation sites is 1. The number of nitrogen functional groups attached to an aromatic ring is 1. The molecular formula is C10H7F4N3. The summed E-state index contributed by atoms with van der Waals surface area (Å²) in [6.45, 7) is 0. The largest absolute Gasteiger partial charge is 0.435 e. The maximum absolute atomic E-state index is 13.3. The van der Waals surface area contributed by atoms with Gasteiger partial charge in [-0.25, -0.2) is 9.37 Å². The van der Waals surface area contributed by atoms with Gasteiger partial charge in [-0.15, -0.1) is 0 Å². The maximum atomic E-state index is 13.3. The van der Waals surface area contributed by atoms with Crippen LogP contribution in [-0.2, 0) is 6.18 Å². The van der Waals surface area contributed by atoms with Crippen LogP contribution >= 0.6 is 0 Å². The molecule has 0 unspecified atom stereocenters. The van der Waals surface area contributed by atoms with Gasteiger partial charge in [-0.1, -0.05) is 12.1 Å². The normalized spacial score (nSPS) is 11.8. The Labute approximate surface area is 93.2 Å². The highest BCUT2D eigenvalue weighted by molar-refractivity contribution is 5.83. The minimum Gasteiger partial charge on any atom is -0.322 e. The van der Waals surface area contributed by atoms with E-state index in [4.69, 9.17) is 5.84 Å². The van der Waals surface area contributed by atoms with Gasteiger partial charge in [0.05, 0.1) is 5.69 Å². The van der Waals surface area contributed by atoms with E-state index < -0.39 is 23.4 Å². The van der Waals surface area contributed by atoms with E-state index in [0.717, 1.165) is 12.1 Å². The molecule has 0 atom stereocenters. The average molecular weight is 245 g/mol. The Kier molecular flexibility index (Phi) is 2.62. The number of pyridine rings is 1. The molecule has 0 bridgehead atoms. The van der Waals surface area contributed by atoms with E-state index in [1.54, 1.807) is 0 Å². The first kappa shape index (κ1) is 11.6. The summed E-state index contributed by atoms with van der Waals surface area (Å²) >= 11 is 0. The fourth-order valence-corrected chi connectivity index (χ4v) is 1.49. The number of aromatic nitrogens is 1. The number of rotatable bonds is 1. The summed E-state index contributed by atoms with van der Waals surface area (Å²) in [5.41, 5.74) is -0.0569. The Hall–Kier alpha value is -1.89. The van der Waals surface area contributed by atoms with E-state index in [0.29, 0.717) is 0 Å². The summed E-state index contributed by atoms with van der Waals surface area (Å²) in [6.07, 6.45) is -4.70. The van der Waals surface area contributed by atoms with E-state index in [1.807, 2.05) is 5.43 Å². The van der Waals surface area contributed by atoms with Gasteiger partial charge in [0, 0.05) is 5.39 Å². The molecule has 3 N–H and O–H groups in total. The Morgan fingerprint density at radius 3 is 2.53 bits per heavy atom. The highest BCUT2D eigenvalue weighted by Gasteiger charge is 2.36. The monoisotopic (exact) mass is 245 g/mol.